The topological polar surface area (TPSA) is 103 Å². The number of hydrogen-bond acceptors (Lipinski definition) is 4. The summed E-state index contributed by atoms with van der Waals surface area (Å²) in [6.07, 6.45) is 3.08. The Morgan fingerprint density at radius 3 is 2.80 bits per heavy atom. The van der Waals surface area contributed by atoms with Crippen molar-refractivity contribution in [3.63, 3.8) is 0 Å². The SMILES string of the molecule is CCCC1(C(=O)O)CCCN1S(=O)(=O)c1cn[nH]c1C. The van der Waals surface area contributed by atoms with Crippen molar-refractivity contribution in [2.45, 2.75) is 50.0 Å². The van der Waals surface area contributed by atoms with Gasteiger partial charge in [0, 0.05) is 6.54 Å². The molecular formula is C12H19N3O4S. The summed E-state index contributed by atoms with van der Waals surface area (Å²) in [5, 5.41) is 15.9. The lowest BCUT2D eigenvalue weighted by atomic mass is 9.92. The molecule has 1 saturated heterocycles. The first-order valence-corrected chi connectivity index (χ1v) is 8.06. The van der Waals surface area contributed by atoms with Crippen LogP contribution in [0.1, 0.15) is 38.3 Å². The number of rotatable bonds is 5. The number of aryl methyl sites for hydroxylation is 1. The lowest BCUT2D eigenvalue weighted by Gasteiger charge is -2.33. The van der Waals surface area contributed by atoms with Gasteiger partial charge in [-0.2, -0.15) is 9.40 Å². The number of carbonyl (C=O) groups is 1. The maximum atomic E-state index is 12.7. The Hall–Kier alpha value is -1.41. The Balaban J connectivity index is 2.50. The van der Waals surface area contributed by atoms with E-state index in [-0.39, 0.29) is 11.4 Å². The first-order valence-electron chi connectivity index (χ1n) is 6.62. The Morgan fingerprint density at radius 1 is 1.60 bits per heavy atom. The Kier molecular flexibility index (Phi) is 3.88. The summed E-state index contributed by atoms with van der Waals surface area (Å²) in [5.74, 6) is -1.07. The van der Waals surface area contributed by atoms with Gasteiger partial charge < -0.3 is 5.11 Å². The van der Waals surface area contributed by atoms with Gasteiger partial charge in [0.25, 0.3) is 0 Å². The van der Waals surface area contributed by atoms with Crippen molar-refractivity contribution in [3.8, 4) is 0 Å². The standard InChI is InChI=1S/C12H19N3O4S/c1-3-5-12(11(16)17)6-4-7-15(12)20(18,19)10-8-13-14-9(10)2/h8H,3-7H2,1-2H3,(H,13,14)(H,16,17). The molecule has 2 N–H and O–H groups in total. The van der Waals surface area contributed by atoms with E-state index in [9.17, 15) is 18.3 Å². The number of H-pyrrole nitrogens is 1. The van der Waals surface area contributed by atoms with Gasteiger partial charge >= 0.3 is 5.97 Å². The molecule has 1 aromatic heterocycles. The van der Waals surface area contributed by atoms with E-state index in [0.717, 1.165) is 4.31 Å². The predicted molar refractivity (Wildman–Crippen MR) is 71.7 cm³/mol. The van der Waals surface area contributed by atoms with Crippen molar-refractivity contribution in [3.05, 3.63) is 11.9 Å². The van der Waals surface area contributed by atoms with Gasteiger partial charge in [0.1, 0.15) is 10.4 Å². The molecule has 1 aliphatic rings. The van der Waals surface area contributed by atoms with Crippen molar-refractivity contribution in [2.24, 2.45) is 0 Å². The van der Waals surface area contributed by atoms with Crippen LogP contribution in [0.4, 0.5) is 0 Å². The summed E-state index contributed by atoms with van der Waals surface area (Å²) in [7, 11) is -3.84. The molecule has 0 spiro atoms. The smallest absolute Gasteiger partial charge is 0.325 e. The molecule has 2 rings (SSSR count). The number of aliphatic carboxylic acids is 1. The Labute approximate surface area is 118 Å². The molecular weight excluding hydrogens is 282 g/mol. The molecule has 112 valence electrons. The van der Waals surface area contributed by atoms with Crippen LogP contribution in [0.5, 0.6) is 0 Å². The van der Waals surface area contributed by atoms with Crippen LogP contribution in [0.25, 0.3) is 0 Å². The van der Waals surface area contributed by atoms with E-state index < -0.39 is 21.5 Å². The third-order valence-corrected chi connectivity index (χ3v) is 5.92. The Bertz CT molecular complexity index is 610. The predicted octanol–water partition coefficient (Wildman–Crippen LogP) is 1.13. The molecule has 1 aromatic rings. The fraction of sp³-hybridized carbons (Fsp3) is 0.667. The summed E-state index contributed by atoms with van der Waals surface area (Å²) in [6.45, 7) is 3.70. The zero-order valence-corrected chi connectivity index (χ0v) is 12.4. The molecule has 7 nitrogen and oxygen atoms in total. The molecule has 8 heteroatoms. The molecule has 1 aliphatic heterocycles. The third kappa shape index (κ3) is 2.12. The van der Waals surface area contributed by atoms with Gasteiger partial charge in [-0.15, -0.1) is 0 Å². The second-order valence-electron chi connectivity index (χ2n) is 5.13. The largest absolute Gasteiger partial charge is 0.480 e. The van der Waals surface area contributed by atoms with Crippen LogP contribution in [-0.4, -0.2) is 46.1 Å². The van der Waals surface area contributed by atoms with Crippen LogP contribution in [0, 0.1) is 6.92 Å². The molecule has 1 unspecified atom stereocenters. The molecule has 0 radical (unpaired) electrons. The number of nitrogens with one attached hydrogen (secondary N) is 1. The highest BCUT2D eigenvalue weighted by atomic mass is 32.2. The van der Waals surface area contributed by atoms with Crippen LogP contribution >= 0.6 is 0 Å². The van der Waals surface area contributed by atoms with E-state index in [2.05, 4.69) is 10.2 Å². The summed E-state index contributed by atoms with van der Waals surface area (Å²) in [5.41, 5.74) is -0.898. The minimum atomic E-state index is -3.84. The number of nitrogens with zero attached hydrogens (tertiary/aromatic N) is 2. The lowest BCUT2D eigenvalue weighted by molar-refractivity contribution is -0.147. The van der Waals surface area contributed by atoms with Gasteiger partial charge in [-0.05, 0) is 26.2 Å². The summed E-state index contributed by atoms with van der Waals surface area (Å²) >= 11 is 0. The van der Waals surface area contributed by atoms with Crippen molar-refractivity contribution in [1.29, 1.82) is 0 Å². The normalized spacial score (nSPS) is 24.1. The van der Waals surface area contributed by atoms with Crippen molar-refractivity contribution < 1.29 is 18.3 Å². The van der Waals surface area contributed by atoms with E-state index in [1.54, 1.807) is 6.92 Å². The molecule has 1 atom stereocenters. The maximum Gasteiger partial charge on any atom is 0.325 e. The van der Waals surface area contributed by atoms with Gasteiger partial charge in [0.05, 0.1) is 11.9 Å². The number of aromatic amines is 1. The second-order valence-corrected chi connectivity index (χ2v) is 6.96. The van der Waals surface area contributed by atoms with Gasteiger partial charge in [0.15, 0.2) is 0 Å². The van der Waals surface area contributed by atoms with Crippen molar-refractivity contribution in [1.82, 2.24) is 14.5 Å². The number of sulfonamides is 1. The highest BCUT2D eigenvalue weighted by Crippen LogP contribution is 2.38. The minimum absolute atomic E-state index is 0.0566. The van der Waals surface area contributed by atoms with Crippen LogP contribution in [0.3, 0.4) is 0 Å². The molecule has 0 aromatic carbocycles. The average Bonchev–Trinajstić information content (AvgIpc) is 2.97. The molecule has 0 aliphatic carbocycles. The second kappa shape index (κ2) is 5.17. The van der Waals surface area contributed by atoms with Gasteiger partial charge in [-0.25, -0.2) is 8.42 Å². The summed E-state index contributed by atoms with van der Waals surface area (Å²) in [4.78, 5) is 11.8. The van der Waals surface area contributed by atoms with Crippen molar-refractivity contribution >= 4 is 16.0 Å². The highest BCUT2D eigenvalue weighted by Gasteiger charge is 2.52. The molecule has 20 heavy (non-hydrogen) atoms. The fourth-order valence-corrected chi connectivity index (χ4v) is 4.85. The van der Waals surface area contributed by atoms with Crippen LogP contribution in [0.2, 0.25) is 0 Å². The van der Waals surface area contributed by atoms with Gasteiger partial charge in [-0.3, -0.25) is 9.89 Å². The summed E-state index contributed by atoms with van der Waals surface area (Å²) in [6, 6.07) is 0. The fourth-order valence-electron chi connectivity index (χ4n) is 2.91. The zero-order chi connectivity index (χ0) is 15.0. The Morgan fingerprint density at radius 2 is 2.30 bits per heavy atom. The van der Waals surface area contributed by atoms with E-state index in [4.69, 9.17) is 0 Å². The maximum absolute atomic E-state index is 12.7. The number of carboxylic acid groups (broad SMARTS) is 1. The van der Waals surface area contributed by atoms with E-state index in [0.29, 0.717) is 31.4 Å². The lowest BCUT2D eigenvalue weighted by Crippen LogP contribution is -2.52. The minimum Gasteiger partial charge on any atom is -0.480 e. The molecule has 2 heterocycles. The number of aromatic nitrogens is 2. The quantitative estimate of drug-likeness (QED) is 0.848. The molecule has 0 saturated carbocycles. The van der Waals surface area contributed by atoms with Crippen LogP contribution in [0.15, 0.2) is 11.1 Å². The van der Waals surface area contributed by atoms with E-state index >= 15 is 0 Å². The van der Waals surface area contributed by atoms with Crippen molar-refractivity contribution in [2.75, 3.05) is 6.54 Å². The van der Waals surface area contributed by atoms with Gasteiger partial charge in [0.2, 0.25) is 10.0 Å². The monoisotopic (exact) mass is 301 g/mol. The number of hydrogen-bond donors (Lipinski definition) is 2. The van der Waals surface area contributed by atoms with Crippen LogP contribution in [-0.2, 0) is 14.8 Å². The number of carboxylic acids is 1. The zero-order valence-electron chi connectivity index (χ0n) is 11.6. The third-order valence-electron chi connectivity index (χ3n) is 3.84. The first-order chi connectivity index (χ1) is 9.36. The molecule has 0 amide bonds. The summed E-state index contributed by atoms with van der Waals surface area (Å²) < 4.78 is 26.6. The molecule has 1 fully saturated rings. The van der Waals surface area contributed by atoms with Gasteiger partial charge in [-0.1, -0.05) is 13.3 Å². The van der Waals surface area contributed by atoms with E-state index in [1.165, 1.54) is 6.20 Å². The first kappa shape index (κ1) is 15.0. The molecule has 0 bridgehead atoms. The average molecular weight is 301 g/mol. The highest BCUT2D eigenvalue weighted by molar-refractivity contribution is 7.89. The van der Waals surface area contributed by atoms with E-state index in [1.807, 2.05) is 6.92 Å². The van der Waals surface area contributed by atoms with Crippen LogP contribution < -0.4 is 0 Å².